The van der Waals surface area contributed by atoms with Gasteiger partial charge in [0.1, 0.15) is 11.5 Å². The van der Waals surface area contributed by atoms with Crippen molar-refractivity contribution in [3.63, 3.8) is 0 Å². The Hall–Kier alpha value is -4.07. The summed E-state index contributed by atoms with van der Waals surface area (Å²) >= 11 is 0. The number of nitrogens with one attached hydrogen (secondary N) is 3. The number of H-pyrrole nitrogens is 3. The van der Waals surface area contributed by atoms with E-state index in [1.54, 1.807) is 6.20 Å². The topological polar surface area (TPSA) is 112 Å². The lowest BCUT2D eigenvalue weighted by molar-refractivity contribution is 0.781. The van der Waals surface area contributed by atoms with Crippen LogP contribution >= 0.6 is 0 Å². The van der Waals surface area contributed by atoms with Gasteiger partial charge >= 0.3 is 0 Å². The zero-order valence-corrected chi connectivity index (χ0v) is 21.7. The number of hydrogen-bond donors (Lipinski definition) is 3. The second kappa shape index (κ2) is 12.3. The molecule has 0 fully saturated rings. The number of aromatic nitrogens is 8. The Kier molecular flexibility index (Phi) is 9.11. The van der Waals surface area contributed by atoms with Crippen LogP contribution in [0.4, 0.5) is 0 Å². The summed E-state index contributed by atoms with van der Waals surface area (Å²) in [6.45, 7) is 12.8. The van der Waals surface area contributed by atoms with E-state index in [0.717, 1.165) is 39.1 Å². The maximum atomic E-state index is 4.42. The fourth-order valence-corrected chi connectivity index (χ4v) is 3.61. The highest BCUT2D eigenvalue weighted by atomic mass is 15.1. The lowest BCUT2D eigenvalue weighted by Gasteiger charge is -2.03. The van der Waals surface area contributed by atoms with Crippen LogP contribution in [-0.4, -0.2) is 40.3 Å². The second-order valence-electron chi connectivity index (χ2n) is 9.73. The molecule has 3 N–H and O–H groups in total. The largest absolute Gasteiger partial charge is 0.346 e. The highest BCUT2D eigenvalue weighted by Gasteiger charge is 2.04. The number of nitrogens with zero attached hydrogens (tertiary/aromatic N) is 5. The quantitative estimate of drug-likeness (QED) is 0.234. The van der Waals surface area contributed by atoms with Gasteiger partial charge in [0, 0.05) is 40.2 Å². The fraction of sp³-hybridized carbons (Fsp3) is 0.345. The smallest absolute Gasteiger partial charge is 0.155 e. The van der Waals surface area contributed by atoms with Gasteiger partial charge in [-0.2, -0.15) is 10.2 Å². The van der Waals surface area contributed by atoms with E-state index in [0.29, 0.717) is 17.8 Å². The highest BCUT2D eigenvalue weighted by Crippen LogP contribution is 2.19. The Morgan fingerprint density at radius 2 is 1.35 bits per heavy atom. The second-order valence-corrected chi connectivity index (χ2v) is 9.73. The minimum absolute atomic E-state index is 0. The normalized spacial score (nSPS) is 10.9. The van der Waals surface area contributed by atoms with Crippen LogP contribution in [0.1, 0.15) is 83.8 Å². The van der Waals surface area contributed by atoms with Crippen LogP contribution in [0.15, 0.2) is 61.2 Å². The molecular formula is C29H38N8. The van der Waals surface area contributed by atoms with Crippen molar-refractivity contribution in [2.45, 2.75) is 66.7 Å². The fourth-order valence-electron chi connectivity index (χ4n) is 3.61. The molecule has 5 heterocycles. The lowest BCUT2D eigenvalue weighted by Crippen LogP contribution is -1.96. The van der Waals surface area contributed by atoms with Crippen LogP contribution in [0, 0.1) is 0 Å². The van der Waals surface area contributed by atoms with Crippen LogP contribution in [-0.2, 0) is 0 Å². The maximum absolute atomic E-state index is 4.42. The lowest BCUT2D eigenvalue weighted by atomic mass is 10.0. The van der Waals surface area contributed by atoms with Gasteiger partial charge < -0.3 is 4.98 Å². The molecule has 0 spiro atoms. The van der Waals surface area contributed by atoms with Crippen LogP contribution in [0.25, 0.3) is 33.0 Å². The van der Waals surface area contributed by atoms with Gasteiger partial charge in [-0.15, -0.1) is 0 Å². The van der Waals surface area contributed by atoms with Crippen molar-refractivity contribution in [2.24, 2.45) is 0 Å². The third-order valence-corrected chi connectivity index (χ3v) is 5.88. The molecule has 8 nitrogen and oxygen atoms in total. The van der Waals surface area contributed by atoms with Gasteiger partial charge in [0.25, 0.3) is 0 Å². The first kappa shape index (κ1) is 27.5. The third-order valence-electron chi connectivity index (χ3n) is 5.88. The van der Waals surface area contributed by atoms with Crippen molar-refractivity contribution in [1.29, 1.82) is 0 Å². The molecular weight excluding hydrogens is 460 g/mol. The van der Waals surface area contributed by atoms with E-state index in [1.807, 2.05) is 36.8 Å². The average Bonchev–Trinajstić information content (AvgIpc) is 3.63. The first-order valence-electron chi connectivity index (χ1n) is 12.3. The summed E-state index contributed by atoms with van der Waals surface area (Å²) in [6, 6.07) is 12.5. The molecule has 8 heteroatoms. The van der Waals surface area contributed by atoms with E-state index in [2.05, 4.69) is 100 Å². The van der Waals surface area contributed by atoms with Gasteiger partial charge in [-0.05, 0) is 41.7 Å². The predicted octanol–water partition coefficient (Wildman–Crippen LogP) is 7.49. The maximum Gasteiger partial charge on any atom is 0.155 e. The average molecular weight is 499 g/mol. The van der Waals surface area contributed by atoms with Gasteiger partial charge in [0.2, 0.25) is 0 Å². The van der Waals surface area contributed by atoms with E-state index in [1.165, 1.54) is 10.9 Å². The Bertz CT molecular complexity index is 1350. The number of hydrogen-bond acceptors (Lipinski definition) is 5. The van der Waals surface area contributed by atoms with Gasteiger partial charge in [-0.3, -0.25) is 10.2 Å². The Morgan fingerprint density at radius 1 is 0.649 bits per heavy atom. The van der Waals surface area contributed by atoms with Crippen molar-refractivity contribution < 1.29 is 0 Å². The monoisotopic (exact) mass is 498 g/mol. The predicted molar refractivity (Wildman–Crippen MR) is 153 cm³/mol. The molecule has 0 bridgehead atoms. The SMILES string of the molecule is C.CC(C)c1ccc2cn[nH]c2c1.CC(C)c1ccc2cn[nH]c2n1.CC(C)c1ncc2cc[nH]c2n1. The molecule has 0 atom stereocenters. The molecule has 0 unspecified atom stereocenters. The summed E-state index contributed by atoms with van der Waals surface area (Å²) < 4.78 is 0. The summed E-state index contributed by atoms with van der Waals surface area (Å²) in [7, 11) is 0. The molecule has 6 aromatic rings. The third kappa shape index (κ3) is 6.78. The zero-order valence-electron chi connectivity index (χ0n) is 21.7. The van der Waals surface area contributed by atoms with Gasteiger partial charge in [0.15, 0.2) is 5.65 Å². The van der Waals surface area contributed by atoms with E-state index < -0.39 is 0 Å². The standard InChI is InChI=1S/C10H12N2.2C9H11N3.CH4/c1-7(2)8-3-4-9-6-11-12-10(9)5-8;1-6(2)8-11-5-7-3-4-10-9(7)12-8;1-6(2)8-4-3-7-5-10-12-9(7)11-8;/h3-7H,1-2H3,(H,11,12);2*3-6H,1-2H3,(H,10,11,12);1H4. The first-order chi connectivity index (χ1) is 17.3. The molecule has 0 aliphatic rings. The summed E-state index contributed by atoms with van der Waals surface area (Å²) in [5.41, 5.74) is 5.38. The minimum Gasteiger partial charge on any atom is -0.346 e. The van der Waals surface area contributed by atoms with E-state index in [9.17, 15) is 0 Å². The Balaban J connectivity index is 0.000000152. The molecule has 0 saturated carbocycles. The van der Waals surface area contributed by atoms with E-state index >= 15 is 0 Å². The van der Waals surface area contributed by atoms with E-state index in [-0.39, 0.29) is 7.43 Å². The molecule has 0 amide bonds. The molecule has 6 rings (SSSR count). The zero-order chi connectivity index (χ0) is 25.7. The summed E-state index contributed by atoms with van der Waals surface area (Å²) in [5, 5.41) is 17.0. The van der Waals surface area contributed by atoms with Gasteiger partial charge in [0.05, 0.1) is 17.9 Å². The number of rotatable bonds is 3. The molecule has 37 heavy (non-hydrogen) atoms. The molecule has 1 aromatic carbocycles. The number of benzene rings is 1. The summed E-state index contributed by atoms with van der Waals surface area (Å²) in [5.74, 6) is 2.33. The van der Waals surface area contributed by atoms with Crippen molar-refractivity contribution in [3.8, 4) is 0 Å². The van der Waals surface area contributed by atoms with Crippen LogP contribution in [0.3, 0.4) is 0 Å². The highest BCUT2D eigenvalue weighted by molar-refractivity contribution is 5.78. The van der Waals surface area contributed by atoms with Crippen molar-refractivity contribution in [1.82, 2.24) is 40.3 Å². The van der Waals surface area contributed by atoms with E-state index in [4.69, 9.17) is 0 Å². The summed E-state index contributed by atoms with van der Waals surface area (Å²) in [4.78, 5) is 16.1. The van der Waals surface area contributed by atoms with Crippen LogP contribution < -0.4 is 0 Å². The van der Waals surface area contributed by atoms with Crippen LogP contribution in [0.2, 0.25) is 0 Å². The number of fused-ring (bicyclic) bond motifs is 3. The molecule has 5 aromatic heterocycles. The molecule has 0 saturated heterocycles. The van der Waals surface area contributed by atoms with Crippen molar-refractivity contribution >= 4 is 33.0 Å². The Labute approximate surface area is 218 Å². The molecule has 0 radical (unpaired) electrons. The van der Waals surface area contributed by atoms with Crippen LogP contribution in [0.5, 0.6) is 0 Å². The number of aromatic amines is 3. The Morgan fingerprint density at radius 3 is 2.08 bits per heavy atom. The van der Waals surface area contributed by atoms with Crippen molar-refractivity contribution in [3.05, 3.63) is 78.3 Å². The molecule has 0 aliphatic carbocycles. The minimum atomic E-state index is 0. The number of pyridine rings is 1. The van der Waals surface area contributed by atoms with Crippen molar-refractivity contribution in [2.75, 3.05) is 0 Å². The molecule has 194 valence electrons. The summed E-state index contributed by atoms with van der Waals surface area (Å²) in [6.07, 6.45) is 7.36. The van der Waals surface area contributed by atoms with Gasteiger partial charge in [-0.1, -0.05) is 61.1 Å². The van der Waals surface area contributed by atoms with Gasteiger partial charge in [-0.25, -0.2) is 15.0 Å². The first-order valence-corrected chi connectivity index (χ1v) is 12.3. The molecule has 0 aliphatic heterocycles.